The predicted octanol–water partition coefficient (Wildman–Crippen LogP) is 1.88. The molecule has 0 aliphatic carbocycles. The molecule has 1 saturated heterocycles. The Hall–Kier alpha value is -0.640. The Labute approximate surface area is 91.5 Å². The maximum absolute atomic E-state index is 11.7. The highest BCUT2D eigenvalue weighted by molar-refractivity contribution is 7.92. The van der Waals surface area contributed by atoms with Gasteiger partial charge in [-0.05, 0) is 19.3 Å². The van der Waals surface area contributed by atoms with Crippen molar-refractivity contribution in [3.05, 3.63) is 12.2 Å². The zero-order chi connectivity index (χ0) is 11.5. The van der Waals surface area contributed by atoms with E-state index in [2.05, 4.69) is 6.58 Å². The van der Waals surface area contributed by atoms with Crippen LogP contribution in [0.2, 0.25) is 0 Å². The molecule has 15 heavy (non-hydrogen) atoms. The first kappa shape index (κ1) is 12.4. The van der Waals surface area contributed by atoms with Gasteiger partial charge >= 0.3 is 0 Å². The van der Waals surface area contributed by atoms with Gasteiger partial charge < -0.3 is 0 Å². The van der Waals surface area contributed by atoms with E-state index in [4.69, 9.17) is 0 Å². The molecule has 1 unspecified atom stereocenters. The number of hydrogen-bond donors (Lipinski definition) is 0. The summed E-state index contributed by atoms with van der Waals surface area (Å²) in [6.07, 6.45) is 2.99. The zero-order valence-corrected chi connectivity index (χ0v) is 9.98. The van der Waals surface area contributed by atoms with E-state index < -0.39 is 15.1 Å². The highest BCUT2D eigenvalue weighted by Crippen LogP contribution is 2.22. The number of carbonyl (C=O) groups excluding carboxylic acids is 1. The summed E-state index contributed by atoms with van der Waals surface area (Å²) in [4.78, 5) is 11.7. The molecule has 1 fully saturated rings. The maximum Gasteiger partial charge on any atom is 0.160 e. The van der Waals surface area contributed by atoms with Crippen molar-refractivity contribution in [1.29, 1.82) is 0 Å². The fourth-order valence-corrected chi connectivity index (χ4v) is 3.70. The van der Waals surface area contributed by atoms with Crippen molar-refractivity contribution in [3.8, 4) is 0 Å². The average molecular weight is 230 g/mol. The monoisotopic (exact) mass is 230 g/mol. The van der Waals surface area contributed by atoms with Crippen molar-refractivity contribution in [1.82, 2.24) is 0 Å². The Morgan fingerprint density at radius 2 is 2.07 bits per heavy atom. The molecule has 0 saturated carbocycles. The second-order valence-electron chi connectivity index (χ2n) is 4.10. The summed E-state index contributed by atoms with van der Waals surface area (Å²) in [5.74, 6) is 0.00343. The lowest BCUT2D eigenvalue weighted by Gasteiger charge is -2.21. The number of rotatable bonds is 4. The van der Waals surface area contributed by atoms with E-state index in [0.29, 0.717) is 12.8 Å². The topological polar surface area (TPSA) is 51.2 Å². The summed E-state index contributed by atoms with van der Waals surface area (Å²) in [7, 11) is -3.17. The third-order valence-electron chi connectivity index (χ3n) is 2.86. The van der Waals surface area contributed by atoms with Crippen LogP contribution >= 0.6 is 0 Å². The van der Waals surface area contributed by atoms with Gasteiger partial charge in [0.05, 0.1) is 5.75 Å². The molecule has 0 aromatic heterocycles. The zero-order valence-electron chi connectivity index (χ0n) is 9.16. The first-order chi connectivity index (χ1) is 6.97. The Kier molecular flexibility index (Phi) is 4.08. The molecular formula is C11H18O3S. The minimum Gasteiger partial charge on any atom is -0.298 e. The van der Waals surface area contributed by atoms with Gasteiger partial charge in [-0.1, -0.05) is 25.5 Å². The molecule has 1 heterocycles. The number of ketones is 1. The molecular weight excluding hydrogens is 212 g/mol. The SMILES string of the molecule is C=C(CC)CC(=O)C1CCCCS1(=O)=O. The number of carbonyl (C=O) groups is 1. The van der Waals surface area contributed by atoms with E-state index in [1.807, 2.05) is 6.92 Å². The summed E-state index contributed by atoms with van der Waals surface area (Å²) < 4.78 is 23.3. The van der Waals surface area contributed by atoms with Gasteiger partial charge in [-0.2, -0.15) is 0 Å². The van der Waals surface area contributed by atoms with Crippen LogP contribution in [0, 0.1) is 0 Å². The van der Waals surface area contributed by atoms with Crippen molar-refractivity contribution in [2.24, 2.45) is 0 Å². The fraction of sp³-hybridized carbons (Fsp3) is 0.727. The smallest absolute Gasteiger partial charge is 0.160 e. The quantitative estimate of drug-likeness (QED) is 0.693. The average Bonchev–Trinajstić information content (AvgIpc) is 2.16. The number of sulfone groups is 1. The van der Waals surface area contributed by atoms with Crippen LogP contribution in [-0.4, -0.2) is 25.2 Å². The number of allylic oxidation sites excluding steroid dienone is 1. The molecule has 1 aliphatic rings. The molecule has 1 aliphatic heterocycles. The van der Waals surface area contributed by atoms with Crippen molar-refractivity contribution in [3.63, 3.8) is 0 Å². The van der Waals surface area contributed by atoms with Crippen molar-refractivity contribution >= 4 is 15.6 Å². The molecule has 0 aromatic rings. The second kappa shape index (κ2) is 4.92. The molecule has 0 N–H and O–H groups in total. The Morgan fingerprint density at radius 3 is 2.60 bits per heavy atom. The normalized spacial score (nSPS) is 24.7. The highest BCUT2D eigenvalue weighted by Gasteiger charge is 2.34. The second-order valence-corrected chi connectivity index (χ2v) is 6.40. The summed E-state index contributed by atoms with van der Waals surface area (Å²) in [5, 5.41) is -0.755. The molecule has 0 bridgehead atoms. The fourth-order valence-electron chi connectivity index (χ4n) is 1.80. The Morgan fingerprint density at radius 1 is 1.40 bits per heavy atom. The van der Waals surface area contributed by atoms with Gasteiger partial charge in [0.1, 0.15) is 5.25 Å². The summed E-state index contributed by atoms with van der Waals surface area (Å²) in [6.45, 7) is 5.66. The van der Waals surface area contributed by atoms with E-state index in [9.17, 15) is 13.2 Å². The molecule has 1 atom stereocenters. The van der Waals surface area contributed by atoms with Crippen LogP contribution in [0.4, 0.5) is 0 Å². The van der Waals surface area contributed by atoms with Gasteiger partial charge in [-0.25, -0.2) is 8.42 Å². The van der Waals surface area contributed by atoms with E-state index in [-0.39, 0.29) is 18.0 Å². The molecule has 0 aromatic carbocycles. The third-order valence-corrected chi connectivity index (χ3v) is 5.09. The first-order valence-electron chi connectivity index (χ1n) is 5.38. The highest BCUT2D eigenvalue weighted by atomic mass is 32.2. The first-order valence-corrected chi connectivity index (χ1v) is 7.10. The summed E-state index contributed by atoms with van der Waals surface area (Å²) in [5.41, 5.74) is 0.820. The van der Waals surface area contributed by atoms with Crippen LogP contribution < -0.4 is 0 Å². The van der Waals surface area contributed by atoms with Crippen LogP contribution in [0.25, 0.3) is 0 Å². The van der Waals surface area contributed by atoms with E-state index >= 15 is 0 Å². The predicted molar refractivity (Wildman–Crippen MR) is 60.5 cm³/mol. The molecule has 3 nitrogen and oxygen atoms in total. The summed E-state index contributed by atoms with van der Waals surface area (Å²) >= 11 is 0. The van der Waals surface area contributed by atoms with Gasteiger partial charge in [-0.15, -0.1) is 0 Å². The molecule has 0 spiro atoms. The van der Waals surface area contributed by atoms with Crippen molar-refractivity contribution in [2.45, 2.75) is 44.3 Å². The summed E-state index contributed by atoms with van der Waals surface area (Å²) in [6, 6.07) is 0. The maximum atomic E-state index is 11.7. The van der Waals surface area contributed by atoms with Gasteiger partial charge in [-0.3, -0.25) is 4.79 Å². The van der Waals surface area contributed by atoms with Gasteiger partial charge in [0.15, 0.2) is 15.6 Å². The molecule has 0 amide bonds. The Bertz CT molecular complexity index is 354. The van der Waals surface area contributed by atoms with E-state index in [1.165, 1.54) is 0 Å². The number of hydrogen-bond acceptors (Lipinski definition) is 3. The van der Waals surface area contributed by atoms with Gasteiger partial charge in [0, 0.05) is 6.42 Å². The standard InChI is InChI=1S/C11H18O3S/c1-3-9(2)8-10(12)11-6-4-5-7-15(11,13)14/h11H,2-8H2,1H3. The van der Waals surface area contributed by atoms with Crippen molar-refractivity contribution < 1.29 is 13.2 Å². The lowest BCUT2D eigenvalue weighted by atomic mass is 10.0. The molecule has 0 radical (unpaired) electrons. The van der Waals surface area contributed by atoms with Gasteiger partial charge in [0.2, 0.25) is 0 Å². The third kappa shape index (κ3) is 3.16. The minimum atomic E-state index is -3.17. The molecule has 4 heteroatoms. The minimum absolute atomic E-state index is 0.165. The Balaban J connectivity index is 2.70. The lowest BCUT2D eigenvalue weighted by molar-refractivity contribution is -0.118. The van der Waals surface area contributed by atoms with E-state index in [0.717, 1.165) is 18.4 Å². The lowest BCUT2D eigenvalue weighted by Crippen LogP contribution is -2.35. The molecule has 86 valence electrons. The largest absolute Gasteiger partial charge is 0.298 e. The van der Waals surface area contributed by atoms with Crippen LogP contribution in [0.1, 0.15) is 39.0 Å². The number of Topliss-reactive ketones (excluding diaryl/α,β-unsaturated/α-hetero) is 1. The molecule has 1 rings (SSSR count). The van der Waals surface area contributed by atoms with Gasteiger partial charge in [0.25, 0.3) is 0 Å². The van der Waals surface area contributed by atoms with Crippen molar-refractivity contribution in [2.75, 3.05) is 5.75 Å². The van der Waals surface area contributed by atoms with Crippen LogP contribution in [0.15, 0.2) is 12.2 Å². The van der Waals surface area contributed by atoms with Crippen LogP contribution in [0.3, 0.4) is 0 Å². The van der Waals surface area contributed by atoms with E-state index in [1.54, 1.807) is 0 Å². The van der Waals surface area contributed by atoms with Crippen LogP contribution in [0.5, 0.6) is 0 Å². The van der Waals surface area contributed by atoms with Crippen LogP contribution in [-0.2, 0) is 14.6 Å².